The molecule has 0 aromatic heterocycles. The lowest BCUT2D eigenvalue weighted by Gasteiger charge is -2.32. The topological polar surface area (TPSA) is 49.8 Å². The van der Waals surface area contributed by atoms with Crippen LogP contribution in [0.3, 0.4) is 0 Å². The summed E-state index contributed by atoms with van der Waals surface area (Å²) >= 11 is 6.02. The average Bonchev–Trinajstić information content (AvgIpc) is 2.64. The van der Waals surface area contributed by atoms with Crippen LogP contribution in [-0.2, 0) is 6.54 Å². The number of halogens is 1. The molecule has 0 saturated carbocycles. The van der Waals surface area contributed by atoms with Crippen molar-refractivity contribution in [2.24, 2.45) is 5.92 Å². The van der Waals surface area contributed by atoms with E-state index < -0.39 is 0 Å². The Morgan fingerprint density at radius 3 is 2.92 bits per heavy atom. The number of benzene rings is 2. The molecule has 2 aromatic carbocycles. The normalized spacial score (nSPS) is 17.8. The maximum atomic E-state index is 12.8. The molecule has 1 saturated heterocycles. The first-order chi connectivity index (χ1) is 12.6. The number of hydrogen-bond donors (Lipinski definition) is 1. The van der Waals surface area contributed by atoms with Crippen molar-refractivity contribution in [1.29, 1.82) is 0 Å². The third kappa shape index (κ3) is 4.57. The van der Waals surface area contributed by atoms with Gasteiger partial charge in [-0.1, -0.05) is 29.8 Å². The van der Waals surface area contributed by atoms with E-state index in [-0.39, 0.29) is 17.5 Å². The SMILES string of the molecule is CCOc1cc(CN2CCC[C@H](C(=O)c3cccc(Cl)c3)C2)ccc1O. The Labute approximate surface area is 159 Å². The maximum absolute atomic E-state index is 12.8. The van der Waals surface area contributed by atoms with E-state index in [0.29, 0.717) is 22.9 Å². The van der Waals surface area contributed by atoms with Crippen LogP contribution in [0.5, 0.6) is 11.5 Å². The Morgan fingerprint density at radius 1 is 1.31 bits per heavy atom. The van der Waals surface area contributed by atoms with Crippen LogP contribution in [0, 0.1) is 5.92 Å². The fraction of sp³-hybridized carbons (Fsp3) is 0.381. The molecule has 0 bridgehead atoms. The largest absolute Gasteiger partial charge is 0.504 e. The van der Waals surface area contributed by atoms with Crippen LogP contribution in [0.15, 0.2) is 42.5 Å². The lowest BCUT2D eigenvalue weighted by molar-refractivity contribution is 0.0811. The van der Waals surface area contributed by atoms with Gasteiger partial charge in [-0.05, 0) is 56.1 Å². The molecule has 2 aromatic rings. The zero-order chi connectivity index (χ0) is 18.5. The Hall–Kier alpha value is -2.04. The highest BCUT2D eigenvalue weighted by Gasteiger charge is 2.26. The fourth-order valence-electron chi connectivity index (χ4n) is 3.48. The summed E-state index contributed by atoms with van der Waals surface area (Å²) in [5.41, 5.74) is 1.76. The van der Waals surface area contributed by atoms with Gasteiger partial charge in [-0.2, -0.15) is 0 Å². The second-order valence-corrected chi connectivity index (χ2v) is 7.12. The summed E-state index contributed by atoms with van der Waals surface area (Å²) in [6.07, 6.45) is 1.90. The van der Waals surface area contributed by atoms with Gasteiger partial charge in [0, 0.05) is 29.6 Å². The van der Waals surface area contributed by atoms with Gasteiger partial charge in [0.1, 0.15) is 0 Å². The number of ether oxygens (including phenoxy) is 1. The number of hydrogen-bond acceptors (Lipinski definition) is 4. The number of piperidine rings is 1. The number of Topliss-reactive ketones (excluding diaryl/α,β-unsaturated/α-hetero) is 1. The number of phenolic OH excluding ortho intramolecular Hbond substituents is 1. The molecular weight excluding hydrogens is 350 g/mol. The van der Waals surface area contributed by atoms with Crippen molar-refractivity contribution in [3.8, 4) is 11.5 Å². The lowest BCUT2D eigenvalue weighted by atomic mass is 9.90. The molecule has 26 heavy (non-hydrogen) atoms. The molecule has 0 spiro atoms. The smallest absolute Gasteiger partial charge is 0.167 e. The number of likely N-dealkylation sites (tertiary alicyclic amines) is 1. The number of phenols is 1. The second-order valence-electron chi connectivity index (χ2n) is 6.68. The van der Waals surface area contributed by atoms with Crippen LogP contribution in [-0.4, -0.2) is 35.5 Å². The summed E-state index contributed by atoms with van der Waals surface area (Å²) in [7, 11) is 0. The summed E-state index contributed by atoms with van der Waals surface area (Å²) in [6, 6.07) is 12.6. The predicted molar refractivity (Wildman–Crippen MR) is 103 cm³/mol. The van der Waals surface area contributed by atoms with Gasteiger partial charge >= 0.3 is 0 Å². The van der Waals surface area contributed by atoms with Crippen LogP contribution >= 0.6 is 11.6 Å². The van der Waals surface area contributed by atoms with E-state index in [1.807, 2.05) is 31.2 Å². The quantitative estimate of drug-likeness (QED) is 0.755. The van der Waals surface area contributed by atoms with Gasteiger partial charge in [-0.15, -0.1) is 0 Å². The van der Waals surface area contributed by atoms with Crippen molar-refractivity contribution >= 4 is 17.4 Å². The predicted octanol–water partition coefficient (Wildman–Crippen LogP) is 4.54. The number of nitrogens with zero attached hydrogens (tertiary/aromatic N) is 1. The molecule has 4 nitrogen and oxygen atoms in total. The molecule has 1 N–H and O–H groups in total. The van der Waals surface area contributed by atoms with E-state index in [0.717, 1.165) is 38.0 Å². The Bertz CT molecular complexity index is 778. The standard InChI is InChI=1S/C21H24ClNO3/c1-2-26-20-11-15(8-9-19(20)24)13-23-10-4-6-17(14-23)21(25)16-5-3-7-18(22)12-16/h3,5,7-9,11-12,17,24H,2,4,6,10,13-14H2,1H3/t17-/m0/s1. The van der Waals surface area contributed by atoms with Crippen LogP contribution in [0.2, 0.25) is 5.02 Å². The number of rotatable bonds is 6. The van der Waals surface area contributed by atoms with Crippen molar-refractivity contribution in [2.45, 2.75) is 26.3 Å². The zero-order valence-electron chi connectivity index (χ0n) is 15.0. The number of ketones is 1. The van der Waals surface area contributed by atoms with Crippen LogP contribution in [0.1, 0.15) is 35.7 Å². The molecule has 5 heteroatoms. The van der Waals surface area contributed by atoms with Crippen molar-refractivity contribution in [2.75, 3.05) is 19.7 Å². The van der Waals surface area contributed by atoms with Gasteiger partial charge in [0.05, 0.1) is 6.61 Å². The highest BCUT2D eigenvalue weighted by atomic mass is 35.5. The van der Waals surface area contributed by atoms with Gasteiger partial charge < -0.3 is 9.84 Å². The molecule has 138 valence electrons. The molecule has 0 radical (unpaired) electrons. The highest BCUT2D eigenvalue weighted by molar-refractivity contribution is 6.31. The highest BCUT2D eigenvalue weighted by Crippen LogP contribution is 2.29. The van der Waals surface area contributed by atoms with Gasteiger partial charge in [0.2, 0.25) is 0 Å². The minimum absolute atomic E-state index is 0.00862. The van der Waals surface area contributed by atoms with Gasteiger partial charge in [0.25, 0.3) is 0 Å². The molecule has 3 rings (SSSR count). The van der Waals surface area contributed by atoms with E-state index in [4.69, 9.17) is 16.3 Å². The lowest BCUT2D eigenvalue weighted by Crippen LogP contribution is -2.38. The van der Waals surface area contributed by atoms with Gasteiger partial charge in [0.15, 0.2) is 17.3 Å². The third-order valence-electron chi connectivity index (χ3n) is 4.72. The molecule has 0 aliphatic carbocycles. The van der Waals surface area contributed by atoms with E-state index in [1.54, 1.807) is 18.2 Å². The van der Waals surface area contributed by atoms with E-state index in [9.17, 15) is 9.90 Å². The molecule has 1 fully saturated rings. The van der Waals surface area contributed by atoms with Crippen LogP contribution in [0.25, 0.3) is 0 Å². The van der Waals surface area contributed by atoms with E-state index >= 15 is 0 Å². The summed E-state index contributed by atoms with van der Waals surface area (Å²) in [6.45, 7) is 4.83. The minimum atomic E-state index is -0.00862. The van der Waals surface area contributed by atoms with E-state index in [2.05, 4.69) is 4.90 Å². The zero-order valence-corrected chi connectivity index (χ0v) is 15.7. The number of aromatic hydroxyl groups is 1. The number of carbonyl (C=O) groups is 1. The molecule has 1 atom stereocenters. The monoisotopic (exact) mass is 373 g/mol. The van der Waals surface area contributed by atoms with Crippen molar-refractivity contribution in [3.05, 3.63) is 58.6 Å². The summed E-state index contributed by atoms with van der Waals surface area (Å²) < 4.78 is 5.46. The Morgan fingerprint density at radius 2 is 2.15 bits per heavy atom. The second kappa shape index (κ2) is 8.56. The van der Waals surface area contributed by atoms with Gasteiger partial charge in [-0.25, -0.2) is 0 Å². The first kappa shape index (κ1) is 18.7. The summed E-state index contributed by atoms with van der Waals surface area (Å²) in [5.74, 6) is 0.820. The fourth-order valence-corrected chi connectivity index (χ4v) is 3.67. The molecule has 0 unspecified atom stereocenters. The van der Waals surface area contributed by atoms with Crippen LogP contribution in [0.4, 0.5) is 0 Å². The van der Waals surface area contributed by atoms with E-state index in [1.165, 1.54) is 0 Å². The first-order valence-corrected chi connectivity index (χ1v) is 9.41. The first-order valence-electron chi connectivity index (χ1n) is 9.03. The Balaban J connectivity index is 1.67. The minimum Gasteiger partial charge on any atom is -0.504 e. The third-order valence-corrected chi connectivity index (χ3v) is 4.95. The maximum Gasteiger partial charge on any atom is 0.167 e. The molecule has 1 heterocycles. The van der Waals surface area contributed by atoms with Crippen molar-refractivity contribution < 1.29 is 14.6 Å². The summed E-state index contributed by atoms with van der Waals surface area (Å²) in [4.78, 5) is 15.1. The molecular formula is C21H24ClNO3. The van der Waals surface area contributed by atoms with Crippen molar-refractivity contribution in [1.82, 2.24) is 4.90 Å². The van der Waals surface area contributed by atoms with Gasteiger partial charge in [-0.3, -0.25) is 9.69 Å². The molecule has 0 amide bonds. The molecule has 1 aliphatic heterocycles. The average molecular weight is 374 g/mol. The summed E-state index contributed by atoms with van der Waals surface area (Å²) in [5, 5.41) is 10.4. The van der Waals surface area contributed by atoms with Crippen LogP contribution < -0.4 is 4.74 Å². The molecule has 1 aliphatic rings. The Kier molecular flexibility index (Phi) is 6.17. The van der Waals surface area contributed by atoms with Crippen molar-refractivity contribution in [3.63, 3.8) is 0 Å². The number of carbonyl (C=O) groups excluding carboxylic acids is 1.